The normalized spacial score (nSPS) is 11.7. The van der Waals surface area contributed by atoms with E-state index in [1.807, 2.05) is 19.1 Å². The molecule has 0 fully saturated rings. The Hall–Kier alpha value is -0.890. The molecule has 0 radical (unpaired) electrons. The van der Waals surface area contributed by atoms with E-state index in [0.717, 1.165) is 17.8 Å². The third-order valence-corrected chi connectivity index (χ3v) is 2.16. The molecular formula is C11H18N2. The molecule has 1 aromatic heterocycles. The average molecular weight is 178 g/mol. The Morgan fingerprint density at radius 3 is 2.62 bits per heavy atom. The van der Waals surface area contributed by atoms with Gasteiger partial charge in [-0.2, -0.15) is 0 Å². The molecule has 0 spiro atoms. The molecule has 1 rings (SSSR count). The molecule has 0 amide bonds. The Balaban J connectivity index is 2.74. The fraction of sp³-hybridized carbons (Fsp3) is 0.545. The highest BCUT2D eigenvalue weighted by Crippen LogP contribution is 2.18. The highest BCUT2D eigenvalue weighted by Gasteiger charge is 2.16. The molecule has 0 bridgehead atoms. The lowest BCUT2D eigenvalue weighted by molar-refractivity contribution is 0.372. The fourth-order valence-electron chi connectivity index (χ4n) is 1.26. The first-order valence-electron chi connectivity index (χ1n) is 4.66. The number of aromatic nitrogens is 1. The van der Waals surface area contributed by atoms with Gasteiger partial charge in [-0.15, -0.1) is 0 Å². The van der Waals surface area contributed by atoms with Gasteiger partial charge in [0, 0.05) is 11.4 Å². The highest BCUT2D eigenvalue weighted by atomic mass is 14.7. The maximum Gasteiger partial charge on any atom is 0.0412 e. The number of hydrogen-bond donors (Lipinski definition) is 1. The summed E-state index contributed by atoms with van der Waals surface area (Å²) in [5, 5.41) is 0. The molecule has 13 heavy (non-hydrogen) atoms. The van der Waals surface area contributed by atoms with Crippen LogP contribution in [0, 0.1) is 12.3 Å². The molecule has 0 aliphatic rings. The average Bonchev–Trinajstić information content (AvgIpc) is 2.03. The van der Waals surface area contributed by atoms with Crippen molar-refractivity contribution in [1.29, 1.82) is 0 Å². The van der Waals surface area contributed by atoms with Crippen LogP contribution in [0.3, 0.4) is 0 Å². The molecule has 2 N–H and O–H groups in total. The third-order valence-electron chi connectivity index (χ3n) is 2.16. The predicted octanol–water partition coefficient (Wildman–Crippen LogP) is 1.92. The zero-order valence-electron chi connectivity index (χ0n) is 8.67. The largest absolute Gasteiger partial charge is 0.330 e. The fourth-order valence-corrected chi connectivity index (χ4v) is 1.26. The number of nitrogens with two attached hydrogens (primary N) is 1. The first-order chi connectivity index (χ1) is 6.03. The predicted molar refractivity (Wildman–Crippen MR) is 55.5 cm³/mol. The van der Waals surface area contributed by atoms with Crippen molar-refractivity contribution in [2.75, 3.05) is 6.54 Å². The smallest absolute Gasteiger partial charge is 0.0412 e. The Kier molecular flexibility index (Phi) is 3.04. The van der Waals surface area contributed by atoms with Crippen LogP contribution in [0.1, 0.15) is 25.2 Å². The van der Waals surface area contributed by atoms with Gasteiger partial charge in [0.05, 0.1) is 0 Å². The quantitative estimate of drug-likeness (QED) is 0.768. The molecule has 0 aliphatic heterocycles. The van der Waals surface area contributed by atoms with Crippen LogP contribution in [0.2, 0.25) is 0 Å². The van der Waals surface area contributed by atoms with Crippen LogP contribution in [0.5, 0.6) is 0 Å². The Morgan fingerprint density at radius 1 is 1.38 bits per heavy atom. The summed E-state index contributed by atoms with van der Waals surface area (Å²) in [5.74, 6) is 0. The summed E-state index contributed by atoms with van der Waals surface area (Å²) in [7, 11) is 0. The minimum absolute atomic E-state index is 0.154. The topological polar surface area (TPSA) is 38.9 Å². The summed E-state index contributed by atoms with van der Waals surface area (Å²) < 4.78 is 0. The van der Waals surface area contributed by atoms with Gasteiger partial charge in [-0.1, -0.05) is 19.9 Å². The molecular weight excluding hydrogens is 160 g/mol. The van der Waals surface area contributed by atoms with Crippen molar-refractivity contribution in [3.05, 3.63) is 29.6 Å². The maximum atomic E-state index is 5.66. The minimum Gasteiger partial charge on any atom is -0.330 e. The maximum absolute atomic E-state index is 5.66. The zero-order valence-corrected chi connectivity index (χ0v) is 8.67. The van der Waals surface area contributed by atoms with E-state index in [2.05, 4.69) is 24.9 Å². The van der Waals surface area contributed by atoms with Crippen LogP contribution in [0.15, 0.2) is 18.2 Å². The Morgan fingerprint density at radius 2 is 2.08 bits per heavy atom. The monoisotopic (exact) mass is 178 g/mol. The van der Waals surface area contributed by atoms with Crippen LogP contribution >= 0.6 is 0 Å². The molecule has 2 nitrogen and oxygen atoms in total. The van der Waals surface area contributed by atoms with Gasteiger partial charge in [0.1, 0.15) is 0 Å². The second-order valence-electron chi connectivity index (χ2n) is 4.32. The van der Waals surface area contributed by atoms with Gasteiger partial charge in [-0.25, -0.2) is 0 Å². The second-order valence-corrected chi connectivity index (χ2v) is 4.32. The van der Waals surface area contributed by atoms with Gasteiger partial charge in [-0.05, 0) is 37.4 Å². The van der Waals surface area contributed by atoms with Gasteiger partial charge < -0.3 is 5.73 Å². The SMILES string of the molecule is Cc1cccc(CC(C)(C)CN)n1. The molecule has 0 atom stereocenters. The summed E-state index contributed by atoms with van der Waals surface area (Å²) in [6.07, 6.45) is 0.950. The van der Waals surface area contributed by atoms with E-state index in [0.29, 0.717) is 6.54 Å². The molecule has 0 saturated carbocycles. The van der Waals surface area contributed by atoms with Gasteiger partial charge in [0.25, 0.3) is 0 Å². The van der Waals surface area contributed by atoms with E-state index >= 15 is 0 Å². The van der Waals surface area contributed by atoms with Crippen LogP contribution in [-0.2, 0) is 6.42 Å². The van der Waals surface area contributed by atoms with E-state index in [4.69, 9.17) is 5.73 Å². The molecule has 0 aliphatic carbocycles. The Bertz CT molecular complexity index is 279. The van der Waals surface area contributed by atoms with Crippen molar-refractivity contribution in [3.63, 3.8) is 0 Å². The summed E-state index contributed by atoms with van der Waals surface area (Å²) in [6, 6.07) is 6.12. The van der Waals surface area contributed by atoms with Gasteiger partial charge >= 0.3 is 0 Å². The van der Waals surface area contributed by atoms with Crippen molar-refractivity contribution >= 4 is 0 Å². The first-order valence-corrected chi connectivity index (χ1v) is 4.66. The van der Waals surface area contributed by atoms with E-state index in [1.54, 1.807) is 0 Å². The van der Waals surface area contributed by atoms with Crippen LogP contribution in [0.4, 0.5) is 0 Å². The molecule has 1 heterocycles. The third kappa shape index (κ3) is 3.15. The van der Waals surface area contributed by atoms with Crippen LogP contribution in [0.25, 0.3) is 0 Å². The molecule has 0 unspecified atom stereocenters. The summed E-state index contributed by atoms with van der Waals surface area (Å²) in [6.45, 7) is 7.04. The Labute approximate surface area is 80.2 Å². The van der Waals surface area contributed by atoms with E-state index in [1.165, 1.54) is 0 Å². The van der Waals surface area contributed by atoms with E-state index in [-0.39, 0.29) is 5.41 Å². The number of nitrogens with zero attached hydrogens (tertiary/aromatic N) is 1. The molecule has 2 heteroatoms. The number of hydrogen-bond acceptors (Lipinski definition) is 2. The van der Waals surface area contributed by atoms with Gasteiger partial charge in [0.2, 0.25) is 0 Å². The minimum atomic E-state index is 0.154. The van der Waals surface area contributed by atoms with Crippen LogP contribution < -0.4 is 5.73 Å². The standard InChI is InChI=1S/C11H18N2/c1-9-5-4-6-10(13-9)7-11(2,3)8-12/h4-6H,7-8,12H2,1-3H3. The highest BCUT2D eigenvalue weighted by molar-refractivity contribution is 5.11. The second kappa shape index (κ2) is 3.88. The number of rotatable bonds is 3. The van der Waals surface area contributed by atoms with E-state index < -0.39 is 0 Å². The van der Waals surface area contributed by atoms with Crippen molar-refractivity contribution in [2.24, 2.45) is 11.1 Å². The van der Waals surface area contributed by atoms with Crippen molar-refractivity contribution in [3.8, 4) is 0 Å². The van der Waals surface area contributed by atoms with Crippen LogP contribution in [-0.4, -0.2) is 11.5 Å². The van der Waals surface area contributed by atoms with Crippen molar-refractivity contribution < 1.29 is 0 Å². The molecule has 0 aromatic carbocycles. The van der Waals surface area contributed by atoms with Crippen molar-refractivity contribution in [1.82, 2.24) is 4.98 Å². The lowest BCUT2D eigenvalue weighted by Crippen LogP contribution is -2.26. The van der Waals surface area contributed by atoms with Gasteiger partial charge in [-0.3, -0.25) is 4.98 Å². The number of pyridine rings is 1. The zero-order chi connectivity index (χ0) is 9.90. The van der Waals surface area contributed by atoms with Crippen molar-refractivity contribution in [2.45, 2.75) is 27.2 Å². The van der Waals surface area contributed by atoms with Gasteiger partial charge in [0.15, 0.2) is 0 Å². The molecule has 72 valence electrons. The van der Waals surface area contributed by atoms with E-state index in [9.17, 15) is 0 Å². The molecule has 0 saturated heterocycles. The molecule has 1 aromatic rings. The lowest BCUT2D eigenvalue weighted by Gasteiger charge is -2.21. The first kappa shape index (κ1) is 10.2. The summed E-state index contributed by atoms with van der Waals surface area (Å²) in [4.78, 5) is 4.45. The lowest BCUT2D eigenvalue weighted by atomic mass is 9.88. The summed E-state index contributed by atoms with van der Waals surface area (Å²) in [5.41, 5.74) is 8.03. The summed E-state index contributed by atoms with van der Waals surface area (Å²) >= 11 is 0. The number of aryl methyl sites for hydroxylation is 1.